The molecule has 1 aliphatic rings. The van der Waals surface area contributed by atoms with Crippen LogP contribution < -0.4 is 0 Å². The molecule has 2 heterocycles. The Hall–Kier alpha value is -2.94. The molecular weight excluding hydrogens is 373 g/mol. The molecule has 9 heteroatoms. The number of benzene rings is 1. The SMILES string of the molecule is CC(=O)O[C@@H]1[C@@H](OC(C)=O)[C@H](OC(C)=O)CO[C@H]1n1ccc2cccc(F)c21. The Morgan fingerprint density at radius 2 is 1.64 bits per heavy atom. The van der Waals surface area contributed by atoms with E-state index in [0.29, 0.717) is 5.39 Å². The van der Waals surface area contributed by atoms with Gasteiger partial charge in [0.2, 0.25) is 0 Å². The highest BCUT2D eigenvalue weighted by molar-refractivity contribution is 5.80. The average molecular weight is 393 g/mol. The number of esters is 3. The second kappa shape index (κ2) is 7.97. The zero-order valence-electron chi connectivity index (χ0n) is 15.6. The van der Waals surface area contributed by atoms with E-state index in [0.717, 1.165) is 0 Å². The van der Waals surface area contributed by atoms with Gasteiger partial charge in [0.1, 0.15) is 5.82 Å². The third-order valence-electron chi connectivity index (χ3n) is 4.29. The van der Waals surface area contributed by atoms with Crippen LogP contribution in [0.2, 0.25) is 0 Å². The van der Waals surface area contributed by atoms with E-state index in [1.165, 1.54) is 31.4 Å². The molecule has 0 unspecified atom stereocenters. The molecule has 0 aliphatic carbocycles. The van der Waals surface area contributed by atoms with E-state index in [2.05, 4.69) is 0 Å². The van der Waals surface area contributed by atoms with Crippen LogP contribution in [-0.2, 0) is 33.3 Å². The summed E-state index contributed by atoms with van der Waals surface area (Å²) in [6, 6.07) is 6.29. The Morgan fingerprint density at radius 1 is 1.00 bits per heavy atom. The molecule has 0 amide bonds. The van der Waals surface area contributed by atoms with Gasteiger partial charge in [-0.3, -0.25) is 14.4 Å². The van der Waals surface area contributed by atoms with Crippen LogP contribution in [0.15, 0.2) is 30.5 Å². The molecule has 4 atom stereocenters. The molecule has 0 N–H and O–H groups in total. The van der Waals surface area contributed by atoms with Crippen molar-refractivity contribution in [1.82, 2.24) is 4.57 Å². The van der Waals surface area contributed by atoms with Crippen LogP contribution in [0.4, 0.5) is 4.39 Å². The lowest BCUT2D eigenvalue weighted by Gasteiger charge is -2.41. The molecular formula is C19H20FNO7. The van der Waals surface area contributed by atoms with Crippen LogP contribution >= 0.6 is 0 Å². The van der Waals surface area contributed by atoms with Crippen molar-refractivity contribution in [1.29, 1.82) is 0 Å². The smallest absolute Gasteiger partial charge is 0.303 e. The summed E-state index contributed by atoms with van der Waals surface area (Å²) in [5, 5.41) is 0.622. The molecule has 1 aliphatic heterocycles. The Balaban J connectivity index is 2.05. The second-order valence-corrected chi connectivity index (χ2v) is 6.42. The number of halogens is 1. The quantitative estimate of drug-likeness (QED) is 0.580. The fourth-order valence-electron chi connectivity index (χ4n) is 3.35. The number of hydrogen-bond donors (Lipinski definition) is 0. The predicted octanol–water partition coefficient (Wildman–Crippen LogP) is 2.10. The van der Waals surface area contributed by atoms with Crippen molar-refractivity contribution in [3.63, 3.8) is 0 Å². The number of aromatic nitrogens is 1. The Bertz CT molecular complexity index is 909. The van der Waals surface area contributed by atoms with Gasteiger partial charge >= 0.3 is 17.9 Å². The van der Waals surface area contributed by atoms with Gasteiger partial charge in [0.25, 0.3) is 0 Å². The Morgan fingerprint density at radius 3 is 2.29 bits per heavy atom. The molecule has 0 bridgehead atoms. The fraction of sp³-hybridized carbons (Fsp3) is 0.421. The van der Waals surface area contributed by atoms with E-state index in [1.54, 1.807) is 24.4 Å². The van der Waals surface area contributed by atoms with Gasteiger partial charge in [0.05, 0.1) is 12.1 Å². The summed E-state index contributed by atoms with van der Waals surface area (Å²) >= 11 is 0. The first-order valence-corrected chi connectivity index (χ1v) is 8.66. The summed E-state index contributed by atoms with van der Waals surface area (Å²) in [6.45, 7) is 3.44. The van der Waals surface area contributed by atoms with Crippen molar-refractivity contribution < 1.29 is 37.7 Å². The predicted molar refractivity (Wildman–Crippen MR) is 93.5 cm³/mol. The Labute approximate surface area is 160 Å². The summed E-state index contributed by atoms with van der Waals surface area (Å²) < 4.78 is 37.5. The van der Waals surface area contributed by atoms with Crippen molar-refractivity contribution in [2.75, 3.05) is 6.61 Å². The van der Waals surface area contributed by atoms with Gasteiger partial charge in [-0.15, -0.1) is 0 Å². The fourth-order valence-corrected chi connectivity index (χ4v) is 3.35. The molecule has 0 radical (unpaired) electrons. The lowest BCUT2D eigenvalue weighted by Crippen LogP contribution is -2.55. The van der Waals surface area contributed by atoms with E-state index in [9.17, 15) is 18.8 Å². The monoisotopic (exact) mass is 393 g/mol. The summed E-state index contributed by atoms with van der Waals surface area (Å²) in [4.78, 5) is 34.8. The number of hydrogen-bond acceptors (Lipinski definition) is 7. The van der Waals surface area contributed by atoms with Gasteiger partial charge in [-0.05, 0) is 12.1 Å². The number of nitrogens with zero attached hydrogens (tertiary/aromatic N) is 1. The molecule has 1 fully saturated rings. The normalized spacial score (nSPS) is 24.6. The topological polar surface area (TPSA) is 93.1 Å². The van der Waals surface area contributed by atoms with Crippen molar-refractivity contribution >= 4 is 28.8 Å². The Kier molecular flexibility index (Phi) is 5.64. The van der Waals surface area contributed by atoms with Crippen molar-refractivity contribution in [2.45, 2.75) is 45.3 Å². The molecule has 28 heavy (non-hydrogen) atoms. The maximum absolute atomic E-state index is 14.4. The number of fused-ring (bicyclic) bond motifs is 1. The number of ether oxygens (including phenoxy) is 4. The van der Waals surface area contributed by atoms with Crippen LogP contribution in [0.25, 0.3) is 10.9 Å². The van der Waals surface area contributed by atoms with Crippen molar-refractivity contribution in [3.8, 4) is 0 Å². The number of rotatable bonds is 4. The maximum atomic E-state index is 14.4. The number of carbonyl (C=O) groups excluding carboxylic acids is 3. The van der Waals surface area contributed by atoms with Gasteiger partial charge in [-0.2, -0.15) is 0 Å². The molecule has 8 nitrogen and oxygen atoms in total. The minimum atomic E-state index is -1.16. The number of carbonyl (C=O) groups is 3. The highest BCUT2D eigenvalue weighted by Crippen LogP contribution is 2.34. The van der Waals surface area contributed by atoms with Gasteiger partial charge in [-0.25, -0.2) is 4.39 Å². The highest BCUT2D eigenvalue weighted by Gasteiger charge is 2.47. The van der Waals surface area contributed by atoms with Crippen molar-refractivity contribution in [2.24, 2.45) is 0 Å². The first-order chi connectivity index (χ1) is 13.3. The molecule has 0 saturated carbocycles. The summed E-state index contributed by atoms with van der Waals surface area (Å²) in [6.07, 6.45) is -2.66. The van der Waals surface area contributed by atoms with Gasteiger partial charge in [0, 0.05) is 32.4 Å². The lowest BCUT2D eigenvalue weighted by atomic mass is 10.0. The maximum Gasteiger partial charge on any atom is 0.303 e. The van der Waals surface area contributed by atoms with Crippen LogP contribution in [0.5, 0.6) is 0 Å². The van der Waals surface area contributed by atoms with Gasteiger partial charge in [-0.1, -0.05) is 12.1 Å². The third-order valence-corrected chi connectivity index (χ3v) is 4.29. The van der Waals surface area contributed by atoms with Crippen LogP contribution in [0.3, 0.4) is 0 Å². The third kappa shape index (κ3) is 3.99. The minimum Gasteiger partial charge on any atom is -0.456 e. The molecule has 1 aromatic heterocycles. The van der Waals surface area contributed by atoms with E-state index < -0.39 is 48.3 Å². The zero-order valence-corrected chi connectivity index (χ0v) is 15.6. The van der Waals surface area contributed by atoms with E-state index in [4.69, 9.17) is 18.9 Å². The van der Waals surface area contributed by atoms with Crippen LogP contribution in [-0.4, -0.2) is 47.4 Å². The average Bonchev–Trinajstić information content (AvgIpc) is 3.02. The standard InChI is InChI=1S/C19H20FNO7/c1-10(22)26-15-9-25-19(18(28-12(3)24)17(15)27-11(2)23)21-8-7-13-5-4-6-14(20)16(13)21/h4-8,15,17-19H,9H2,1-3H3/t15-,17+,18-,19-/m1/s1. The number of para-hydroxylation sites is 1. The zero-order chi connectivity index (χ0) is 20.4. The summed E-state index contributed by atoms with van der Waals surface area (Å²) in [7, 11) is 0. The summed E-state index contributed by atoms with van der Waals surface area (Å²) in [5.41, 5.74) is 0.247. The first-order valence-electron chi connectivity index (χ1n) is 8.66. The molecule has 2 aromatic rings. The molecule has 1 saturated heterocycles. The van der Waals surface area contributed by atoms with Crippen molar-refractivity contribution in [3.05, 3.63) is 36.3 Å². The first kappa shape index (κ1) is 19.8. The second-order valence-electron chi connectivity index (χ2n) is 6.42. The summed E-state index contributed by atoms with van der Waals surface area (Å²) in [5.74, 6) is -2.40. The van der Waals surface area contributed by atoms with Gasteiger partial charge in [0.15, 0.2) is 24.5 Å². The highest BCUT2D eigenvalue weighted by atomic mass is 19.1. The molecule has 150 valence electrons. The van der Waals surface area contributed by atoms with E-state index in [-0.39, 0.29) is 12.1 Å². The molecule has 0 spiro atoms. The minimum absolute atomic E-state index is 0.131. The van der Waals surface area contributed by atoms with Gasteiger partial charge < -0.3 is 23.5 Å². The molecule has 3 rings (SSSR count). The van der Waals surface area contributed by atoms with E-state index >= 15 is 0 Å². The van der Waals surface area contributed by atoms with Crippen LogP contribution in [0.1, 0.15) is 27.0 Å². The van der Waals surface area contributed by atoms with Crippen LogP contribution in [0, 0.1) is 5.82 Å². The molecule has 1 aromatic carbocycles. The lowest BCUT2D eigenvalue weighted by molar-refractivity contribution is -0.239. The van der Waals surface area contributed by atoms with E-state index in [1.807, 2.05) is 0 Å². The largest absolute Gasteiger partial charge is 0.456 e.